The first-order chi connectivity index (χ1) is 8.09. The van der Waals surface area contributed by atoms with Crippen LogP contribution in [-0.2, 0) is 0 Å². The Morgan fingerprint density at radius 1 is 1.18 bits per heavy atom. The molecule has 0 saturated carbocycles. The van der Waals surface area contributed by atoms with Gasteiger partial charge in [0.05, 0.1) is 0 Å². The second-order valence-electron chi connectivity index (χ2n) is 4.64. The first-order valence-corrected chi connectivity index (χ1v) is 6.02. The highest BCUT2D eigenvalue weighted by Crippen LogP contribution is 2.30. The minimum atomic E-state index is 0.840. The van der Waals surface area contributed by atoms with Crippen LogP contribution in [0.2, 0.25) is 0 Å². The SMILES string of the molecule is C=C(C1=CCCC=C1)c1cc(N)c(C)cc1C. The Hall–Kier alpha value is -1.76. The smallest absolute Gasteiger partial charge is 0.0350 e. The highest BCUT2D eigenvalue weighted by molar-refractivity contribution is 5.83. The summed E-state index contributed by atoms with van der Waals surface area (Å²) in [4.78, 5) is 0. The van der Waals surface area contributed by atoms with Gasteiger partial charge in [0.25, 0.3) is 0 Å². The lowest BCUT2D eigenvalue weighted by Crippen LogP contribution is -1.97. The normalized spacial score (nSPS) is 14.6. The second kappa shape index (κ2) is 4.62. The van der Waals surface area contributed by atoms with Crippen molar-refractivity contribution >= 4 is 11.3 Å². The average Bonchev–Trinajstić information content (AvgIpc) is 2.34. The number of benzene rings is 1. The summed E-state index contributed by atoms with van der Waals surface area (Å²) in [6.07, 6.45) is 8.84. The van der Waals surface area contributed by atoms with Crippen molar-refractivity contribution in [3.63, 3.8) is 0 Å². The zero-order chi connectivity index (χ0) is 12.4. The maximum absolute atomic E-state index is 5.98. The molecule has 0 unspecified atom stereocenters. The topological polar surface area (TPSA) is 26.0 Å². The van der Waals surface area contributed by atoms with Crippen molar-refractivity contribution in [2.45, 2.75) is 26.7 Å². The predicted octanol–water partition coefficient (Wildman–Crippen LogP) is 4.18. The van der Waals surface area contributed by atoms with Gasteiger partial charge < -0.3 is 5.73 Å². The summed E-state index contributed by atoms with van der Waals surface area (Å²) in [5, 5.41) is 0. The van der Waals surface area contributed by atoms with Gasteiger partial charge in [-0.25, -0.2) is 0 Å². The van der Waals surface area contributed by atoms with Gasteiger partial charge in [0.15, 0.2) is 0 Å². The van der Waals surface area contributed by atoms with E-state index in [2.05, 4.69) is 37.8 Å². The lowest BCUT2D eigenvalue weighted by molar-refractivity contribution is 1.03. The summed E-state index contributed by atoms with van der Waals surface area (Å²) in [7, 11) is 0. The predicted molar refractivity (Wildman–Crippen MR) is 75.8 cm³/mol. The van der Waals surface area contributed by atoms with Crippen LogP contribution >= 0.6 is 0 Å². The Morgan fingerprint density at radius 3 is 2.59 bits per heavy atom. The van der Waals surface area contributed by atoms with E-state index in [0.29, 0.717) is 0 Å². The van der Waals surface area contributed by atoms with Gasteiger partial charge in [0, 0.05) is 5.69 Å². The number of rotatable bonds is 2. The van der Waals surface area contributed by atoms with Crippen LogP contribution in [0.5, 0.6) is 0 Å². The van der Waals surface area contributed by atoms with E-state index in [1.807, 2.05) is 13.0 Å². The Labute approximate surface area is 103 Å². The van der Waals surface area contributed by atoms with Crippen molar-refractivity contribution in [3.8, 4) is 0 Å². The van der Waals surface area contributed by atoms with Crippen LogP contribution in [0.3, 0.4) is 0 Å². The number of hydrogen-bond acceptors (Lipinski definition) is 1. The zero-order valence-electron chi connectivity index (χ0n) is 10.6. The molecule has 0 bridgehead atoms. The second-order valence-corrected chi connectivity index (χ2v) is 4.64. The minimum Gasteiger partial charge on any atom is -0.398 e. The van der Waals surface area contributed by atoms with Crippen molar-refractivity contribution in [2.24, 2.45) is 0 Å². The first-order valence-electron chi connectivity index (χ1n) is 6.02. The van der Waals surface area contributed by atoms with Gasteiger partial charge in [-0.2, -0.15) is 0 Å². The molecule has 0 spiro atoms. The summed E-state index contributed by atoms with van der Waals surface area (Å²) < 4.78 is 0. The van der Waals surface area contributed by atoms with E-state index in [4.69, 9.17) is 5.73 Å². The average molecular weight is 225 g/mol. The van der Waals surface area contributed by atoms with Crippen molar-refractivity contribution in [2.75, 3.05) is 5.73 Å². The third kappa shape index (κ3) is 2.33. The summed E-state index contributed by atoms with van der Waals surface area (Å²) >= 11 is 0. The number of hydrogen-bond donors (Lipinski definition) is 1. The van der Waals surface area contributed by atoms with Gasteiger partial charge in [-0.15, -0.1) is 0 Å². The van der Waals surface area contributed by atoms with Crippen LogP contribution in [0.1, 0.15) is 29.5 Å². The molecule has 0 saturated heterocycles. The van der Waals surface area contributed by atoms with E-state index in [1.165, 1.54) is 11.1 Å². The monoisotopic (exact) mass is 225 g/mol. The van der Waals surface area contributed by atoms with E-state index in [1.54, 1.807) is 0 Å². The molecule has 0 amide bonds. The Kier molecular flexibility index (Phi) is 3.19. The van der Waals surface area contributed by atoms with Gasteiger partial charge in [-0.05, 0) is 60.6 Å². The van der Waals surface area contributed by atoms with Crippen LogP contribution in [0.15, 0.2) is 42.5 Å². The first kappa shape index (κ1) is 11.7. The Morgan fingerprint density at radius 2 is 1.94 bits per heavy atom. The maximum atomic E-state index is 5.98. The number of nitrogens with two attached hydrogens (primary N) is 1. The maximum Gasteiger partial charge on any atom is 0.0350 e. The Balaban J connectivity index is 2.40. The quantitative estimate of drug-likeness (QED) is 0.751. The molecule has 1 heteroatoms. The van der Waals surface area contributed by atoms with Crippen LogP contribution < -0.4 is 5.73 Å². The third-order valence-corrected chi connectivity index (χ3v) is 3.28. The van der Waals surface area contributed by atoms with Crippen LogP contribution in [0.4, 0.5) is 5.69 Å². The van der Waals surface area contributed by atoms with Crippen molar-refractivity contribution in [1.29, 1.82) is 0 Å². The van der Waals surface area contributed by atoms with Gasteiger partial charge in [0.2, 0.25) is 0 Å². The van der Waals surface area contributed by atoms with Crippen molar-refractivity contribution < 1.29 is 0 Å². The zero-order valence-corrected chi connectivity index (χ0v) is 10.6. The molecule has 1 aromatic rings. The number of anilines is 1. The van der Waals surface area contributed by atoms with Crippen LogP contribution in [-0.4, -0.2) is 0 Å². The molecule has 2 N–H and O–H groups in total. The third-order valence-electron chi connectivity index (χ3n) is 3.28. The van der Waals surface area contributed by atoms with Crippen LogP contribution in [0.25, 0.3) is 5.57 Å². The molecule has 1 aromatic carbocycles. The van der Waals surface area contributed by atoms with Gasteiger partial charge >= 0.3 is 0 Å². The van der Waals surface area contributed by atoms with E-state index >= 15 is 0 Å². The molecular formula is C16H19N. The van der Waals surface area contributed by atoms with Gasteiger partial charge in [-0.1, -0.05) is 30.9 Å². The molecule has 0 atom stereocenters. The molecule has 1 nitrogen and oxygen atoms in total. The van der Waals surface area contributed by atoms with E-state index in [9.17, 15) is 0 Å². The molecular weight excluding hydrogens is 206 g/mol. The molecule has 0 heterocycles. The van der Waals surface area contributed by atoms with Crippen molar-refractivity contribution in [3.05, 3.63) is 59.2 Å². The fraction of sp³-hybridized carbons (Fsp3) is 0.250. The molecule has 0 aliphatic heterocycles. The standard InChI is InChI=1S/C16H19N/c1-11-9-12(2)16(17)10-15(11)13(3)14-7-5-4-6-8-14/h5,7-10H,3-4,6,17H2,1-2H3. The molecule has 0 radical (unpaired) electrons. The molecule has 88 valence electrons. The summed E-state index contributed by atoms with van der Waals surface area (Å²) in [6, 6.07) is 4.17. The minimum absolute atomic E-state index is 0.840. The molecule has 17 heavy (non-hydrogen) atoms. The highest BCUT2D eigenvalue weighted by Gasteiger charge is 2.09. The van der Waals surface area contributed by atoms with E-state index < -0.39 is 0 Å². The molecule has 1 aliphatic carbocycles. The number of allylic oxidation sites excluding steroid dienone is 5. The van der Waals surface area contributed by atoms with E-state index in [0.717, 1.165) is 35.2 Å². The molecule has 2 rings (SSSR count). The van der Waals surface area contributed by atoms with Gasteiger partial charge in [-0.3, -0.25) is 0 Å². The summed E-state index contributed by atoms with van der Waals surface area (Å²) in [5.41, 5.74) is 12.6. The highest BCUT2D eigenvalue weighted by atomic mass is 14.6. The molecule has 0 fully saturated rings. The van der Waals surface area contributed by atoms with E-state index in [-0.39, 0.29) is 0 Å². The van der Waals surface area contributed by atoms with Crippen molar-refractivity contribution in [1.82, 2.24) is 0 Å². The Bertz CT molecular complexity index is 519. The fourth-order valence-corrected chi connectivity index (χ4v) is 2.19. The summed E-state index contributed by atoms with van der Waals surface area (Å²) in [5.74, 6) is 0. The van der Waals surface area contributed by atoms with Gasteiger partial charge in [0.1, 0.15) is 0 Å². The molecule has 1 aliphatic rings. The fourth-order valence-electron chi connectivity index (χ4n) is 2.19. The number of aryl methyl sites for hydroxylation is 2. The van der Waals surface area contributed by atoms with Crippen LogP contribution in [0, 0.1) is 13.8 Å². The lowest BCUT2D eigenvalue weighted by atomic mass is 9.91. The lowest BCUT2D eigenvalue weighted by Gasteiger charge is -2.15. The number of nitrogen functional groups attached to an aromatic ring is 1. The summed E-state index contributed by atoms with van der Waals surface area (Å²) in [6.45, 7) is 8.35. The molecule has 0 aromatic heterocycles. The largest absolute Gasteiger partial charge is 0.398 e.